The van der Waals surface area contributed by atoms with Gasteiger partial charge in [0, 0.05) is 13.1 Å². The highest BCUT2D eigenvalue weighted by atomic mass is 16.5. The maximum absolute atomic E-state index is 5.33. The smallest absolute Gasteiger partial charge is 0.147 e. The molecule has 1 unspecified atom stereocenters. The molecule has 0 spiro atoms. The van der Waals surface area contributed by atoms with E-state index in [1.807, 2.05) is 12.4 Å². The molecule has 1 aromatic heterocycles. The molecule has 2 heterocycles. The Balaban J connectivity index is 2.01. The van der Waals surface area contributed by atoms with Crippen LogP contribution in [0.4, 0.5) is 5.82 Å². The number of anilines is 1. The van der Waals surface area contributed by atoms with Gasteiger partial charge in [0.15, 0.2) is 0 Å². The van der Waals surface area contributed by atoms with Crippen LogP contribution in [0.3, 0.4) is 0 Å². The number of rotatable bonds is 4. The van der Waals surface area contributed by atoms with Gasteiger partial charge in [-0.25, -0.2) is 4.98 Å². The van der Waals surface area contributed by atoms with E-state index in [4.69, 9.17) is 4.74 Å². The van der Waals surface area contributed by atoms with E-state index in [9.17, 15) is 0 Å². The molecule has 4 heteroatoms. The van der Waals surface area contributed by atoms with E-state index in [2.05, 4.69) is 28.7 Å². The Hall–Kier alpha value is -1.16. The van der Waals surface area contributed by atoms with Gasteiger partial charge in [-0.05, 0) is 12.3 Å². The Kier molecular flexibility index (Phi) is 4.31. The second kappa shape index (κ2) is 5.96. The van der Waals surface area contributed by atoms with Crippen LogP contribution < -0.4 is 4.90 Å². The molecule has 17 heavy (non-hydrogen) atoms. The van der Waals surface area contributed by atoms with Crippen LogP contribution in [0.2, 0.25) is 0 Å². The average molecular weight is 235 g/mol. The Morgan fingerprint density at radius 2 is 2.06 bits per heavy atom. The zero-order chi connectivity index (χ0) is 12.1. The summed E-state index contributed by atoms with van der Waals surface area (Å²) in [6, 6.07) is 0. The number of nitrogens with zero attached hydrogens (tertiary/aromatic N) is 3. The number of hydrogen-bond acceptors (Lipinski definition) is 4. The molecule has 94 valence electrons. The van der Waals surface area contributed by atoms with Crippen LogP contribution in [0.25, 0.3) is 0 Å². The van der Waals surface area contributed by atoms with Crippen molar-refractivity contribution in [3.05, 3.63) is 18.1 Å². The molecule has 0 radical (unpaired) electrons. The van der Waals surface area contributed by atoms with E-state index in [0.29, 0.717) is 5.92 Å². The summed E-state index contributed by atoms with van der Waals surface area (Å²) in [5.74, 6) is 1.48. The van der Waals surface area contributed by atoms with Gasteiger partial charge >= 0.3 is 0 Å². The molecule has 1 atom stereocenters. The zero-order valence-corrected chi connectivity index (χ0v) is 10.7. The first kappa shape index (κ1) is 12.3. The lowest BCUT2D eigenvalue weighted by Crippen LogP contribution is -2.36. The Labute approximate surface area is 103 Å². The van der Waals surface area contributed by atoms with Gasteiger partial charge in [-0.1, -0.05) is 20.3 Å². The zero-order valence-electron chi connectivity index (χ0n) is 10.7. The molecule has 4 nitrogen and oxygen atoms in total. The molecular weight excluding hydrogens is 214 g/mol. The Bertz CT molecular complexity index is 333. The summed E-state index contributed by atoms with van der Waals surface area (Å²) in [7, 11) is 0. The number of aromatic nitrogens is 2. The lowest BCUT2D eigenvalue weighted by molar-refractivity contribution is 0.122. The summed E-state index contributed by atoms with van der Waals surface area (Å²) in [6.45, 7) is 7.82. The first-order chi connectivity index (χ1) is 8.31. The predicted octanol–water partition coefficient (Wildman–Crippen LogP) is 2.22. The molecule has 0 aromatic carbocycles. The summed E-state index contributed by atoms with van der Waals surface area (Å²) in [4.78, 5) is 11.3. The van der Waals surface area contributed by atoms with Gasteiger partial charge in [-0.3, -0.25) is 4.98 Å². The molecule has 0 N–H and O–H groups in total. The van der Waals surface area contributed by atoms with Crippen molar-refractivity contribution >= 4 is 5.82 Å². The predicted molar refractivity (Wildman–Crippen MR) is 68.4 cm³/mol. The SMILES string of the molecule is CCCC(C)c1cnc(N2CCOCC2)cn1. The molecule has 0 bridgehead atoms. The van der Waals surface area contributed by atoms with Crippen molar-refractivity contribution in [2.75, 3.05) is 31.2 Å². The largest absolute Gasteiger partial charge is 0.378 e. The summed E-state index contributed by atoms with van der Waals surface area (Å²) >= 11 is 0. The minimum Gasteiger partial charge on any atom is -0.378 e. The maximum atomic E-state index is 5.33. The van der Waals surface area contributed by atoms with Crippen LogP contribution in [0.15, 0.2) is 12.4 Å². The fourth-order valence-electron chi connectivity index (χ4n) is 2.12. The molecule has 1 aromatic rings. The van der Waals surface area contributed by atoms with Crippen molar-refractivity contribution in [2.24, 2.45) is 0 Å². The monoisotopic (exact) mass is 235 g/mol. The summed E-state index contributed by atoms with van der Waals surface area (Å²) in [6.07, 6.45) is 6.18. The Morgan fingerprint density at radius 3 is 2.65 bits per heavy atom. The standard InChI is InChI=1S/C13H21N3O/c1-3-4-11(2)12-9-15-13(10-14-12)16-5-7-17-8-6-16/h9-11H,3-8H2,1-2H3. The number of ether oxygens (including phenoxy) is 1. The van der Waals surface area contributed by atoms with E-state index in [-0.39, 0.29) is 0 Å². The normalized spacial score (nSPS) is 18.1. The van der Waals surface area contributed by atoms with Crippen LogP contribution in [0.5, 0.6) is 0 Å². The molecule has 0 saturated carbocycles. The highest BCUT2D eigenvalue weighted by Gasteiger charge is 2.13. The third-order valence-corrected chi connectivity index (χ3v) is 3.22. The average Bonchev–Trinajstić information content (AvgIpc) is 2.40. The second-order valence-corrected chi connectivity index (χ2v) is 4.59. The topological polar surface area (TPSA) is 38.2 Å². The molecule has 1 fully saturated rings. The second-order valence-electron chi connectivity index (χ2n) is 4.59. The van der Waals surface area contributed by atoms with Gasteiger partial charge in [0.05, 0.1) is 31.3 Å². The molecule has 0 amide bonds. The summed E-state index contributed by atoms with van der Waals surface area (Å²) in [5, 5.41) is 0. The van der Waals surface area contributed by atoms with E-state index in [0.717, 1.165) is 37.8 Å². The molecule has 1 saturated heterocycles. The van der Waals surface area contributed by atoms with Gasteiger partial charge in [-0.2, -0.15) is 0 Å². The van der Waals surface area contributed by atoms with Crippen molar-refractivity contribution in [3.8, 4) is 0 Å². The van der Waals surface area contributed by atoms with Gasteiger partial charge in [0.25, 0.3) is 0 Å². The van der Waals surface area contributed by atoms with Crippen LogP contribution in [0, 0.1) is 0 Å². The lowest BCUT2D eigenvalue weighted by Gasteiger charge is -2.27. The van der Waals surface area contributed by atoms with Crippen molar-refractivity contribution in [2.45, 2.75) is 32.6 Å². The van der Waals surface area contributed by atoms with E-state index in [1.54, 1.807) is 0 Å². The van der Waals surface area contributed by atoms with Crippen molar-refractivity contribution < 1.29 is 4.74 Å². The highest BCUT2D eigenvalue weighted by molar-refractivity contribution is 5.36. The fraction of sp³-hybridized carbons (Fsp3) is 0.692. The Morgan fingerprint density at radius 1 is 1.29 bits per heavy atom. The third-order valence-electron chi connectivity index (χ3n) is 3.22. The van der Waals surface area contributed by atoms with Crippen molar-refractivity contribution in [1.29, 1.82) is 0 Å². The first-order valence-corrected chi connectivity index (χ1v) is 6.46. The molecule has 2 rings (SSSR count). The van der Waals surface area contributed by atoms with Gasteiger partial charge in [0.2, 0.25) is 0 Å². The van der Waals surface area contributed by atoms with E-state index >= 15 is 0 Å². The van der Waals surface area contributed by atoms with Crippen LogP contribution in [0.1, 0.15) is 38.3 Å². The van der Waals surface area contributed by atoms with Crippen LogP contribution >= 0.6 is 0 Å². The minimum atomic E-state index is 0.506. The highest BCUT2D eigenvalue weighted by Crippen LogP contribution is 2.19. The molecule has 0 aliphatic carbocycles. The van der Waals surface area contributed by atoms with Crippen LogP contribution in [-0.2, 0) is 4.74 Å². The molecule has 1 aliphatic heterocycles. The van der Waals surface area contributed by atoms with Crippen molar-refractivity contribution in [3.63, 3.8) is 0 Å². The van der Waals surface area contributed by atoms with E-state index < -0.39 is 0 Å². The fourth-order valence-corrected chi connectivity index (χ4v) is 2.12. The van der Waals surface area contributed by atoms with E-state index in [1.165, 1.54) is 12.8 Å². The summed E-state index contributed by atoms with van der Waals surface area (Å²) < 4.78 is 5.33. The quantitative estimate of drug-likeness (QED) is 0.802. The van der Waals surface area contributed by atoms with Gasteiger partial charge in [0.1, 0.15) is 5.82 Å². The molecular formula is C13H21N3O. The van der Waals surface area contributed by atoms with Crippen molar-refractivity contribution in [1.82, 2.24) is 9.97 Å². The summed E-state index contributed by atoms with van der Waals surface area (Å²) in [5.41, 5.74) is 1.10. The number of hydrogen-bond donors (Lipinski definition) is 0. The van der Waals surface area contributed by atoms with Crippen LogP contribution in [-0.4, -0.2) is 36.3 Å². The van der Waals surface area contributed by atoms with Gasteiger partial charge in [-0.15, -0.1) is 0 Å². The first-order valence-electron chi connectivity index (χ1n) is 6.46. The minimum absolute atomic E-state index is 0.506. The van der Waals surface area contributed by atoms with Gasteiger partial charge < -0.3 is 9.64 Å². The molecule has 1 aliphatic rings. The third kappa shape index (κ3) is 3.16. The maximum Gasteiger partial charge on any atom is 0.147 e. The number of morpholine rings is 1. The lowest BCUT2D eigenvalue weighted by atomic mass is 10.0.